The molecular weight excluding hydrogens is 320 g/mol. The summed E-state index contributed by atoms with van der Waals surface area (Å²) in [4.78, 5) is 0. The van der Waals surface area contributed by atoms with Crippen LogP contribution in [0.4, 0.5) is 0 Å². The maximum atomic E-state index is 8.44. The number of aliphatic hydroxyl groups is 1. The van der Waals surface area contributed by atoms with E-state index >= 15 is 0 Å². The lowest BCUT2D eigenvalue weighted by Gasteiger charge is -2.15. The van der Waals surface area contributed by atoms with Crippen LogP contribution in [0.15, 0.2) is 12.1 Å². The lowest BCUT2D eigenvalue weighted by Crippen LogP contribution is -2.22. The topological polar surface area (TPSA) is 55.2 Å². The van der Waals surface area contributed by atoms with Gasteiger partial charge in [0.05, 0.1) is 6.61 Å². The van der Waals surface area contributed by atoms with Crippen LogP contribution in [0.1, 0.15) is 0 Å². The molecule has 0 saturated carbocycles. The summed E-state index contributed by atoms with van der Waals surface area (Å²) >= 11 is 5.60. The normalized spacial score (nSPS) is 11.6. The molecule has 1 heterocycles. The first-order valence-corrected chi connectivity index (χ1v) is 15.1. The van der Waals surface area contributed by atoms with Crippen molar-refractivity contribution < 1.29 is 9.84 Å². The van der Waals surface area contributed by atoms with Crippen molar-refractivity contribution in [3.05, 3.63) is 17.3 Å². The minimum absolute atomic E-state index is 0.371. The van der Waals surface area contributed by atoms with Crippen molar-refractivity contribution in [2.45, 2.75) is 51.4 Å². The third-order valence-electron chi connectivity index (χ3n) is 2.57. The van der Waals surface area contributed by atoms with Gasteiger partial charge >= 0.3 is 0 Å². The van der Waals surface area contributed by atoms with Gasteiger partial charge in [-0.05, 0) is 18.2 Å². The molecule has 7 heteroatoms. The molecule has 0 aliphatic rings. The van der Waals surface area contributed by atoms with Crippen molar-refractivity contribution in [1.82, 2.24) is 10.2 Å². The number of aliphatic hydroxyl groups excluding tert-OH is 1. The molecule has 0 aromatic carbocycles. The van der Waals surface area contributed by atoms with Gasteiger partial charge in [-0.1, -0.05) is 50.9 Å². The van der Waals surface area contributed by atoms with Gasteiger partial charge in [0, 0.05) is 28.8 Å². The fourth-order valence-corrected chi connectivity index (χ4v) is 2.66. The van der Waals surface area contributed by atoms with Gasteiger partial charge in [-0.15, -0.1) is 10.2 Å². The first kappa shape index (κ1) is 20.6. The van der Waals surface area contributed by atoms with Crippen LogP contribution >= 0.6 is 11.6 Å². The van der Waals surface area contributed by atoms with E-state index in [0.29, 0.717) is 24.2 Å². The van der Waals surface area contributed by atoms with Crippen molar-refractivity contribution in [3.8, 4) is 5.88 Å². The van der Waals surface area contributed by atoms with Crippen LogP contribution in [0.2, 0.25) is 56.5 Å². The molecule has 1 N–H and O–H groups in total. The van der Waals surface area contributed by atoms with Gasteiger partial charge in [-0.2, -0.15) is 0 Å². The standard InChI is InChI=1S/C9H15ClN2OSi.C5H14OSi/c1-14(2,3)7-6-13-9-5-4-8(10)11-12-9;1-7(2,3)5-4-6/h4-5H,6-7H2,1-3H3;6H,4-5H2,1-3H3. The molecule has 0 aliphatic heterocycles. The average molecular weight is 349 g/mol. The lowest BCUT2D eigenvalue weighted by molar-refractivity contribution is 0.316. The number of nitrogens with zero attached hydrogens (tertiary/aromatic N) is 2. The zero-order valence-corrected chi connectivity index (χ0v) is 16.9. The van der Waals surface area contributed by atoms with Crippen LogP contribution in [0.5, 0.6) is 5.88 Å². The summed E-state index contributed by atoms with van der Waals surface area (Å²) < 4.78 is 5.44. The SMILES string of the molecule is C[Si](C)(C)CCO.C[Si](C)(C)CCOc1ccc(Cl)nn1. The summed E-state index contributed by atoms with van der Waals surface area (Å²) in [5.74, 6) is 0.549. The molecule has 1 aromatic rings. The largest absolute Gasteiger partial charge is 0.477 e. The molecule has 4 nitrogen and oxygen atoms in total. The molecule has 0 fully saturated rings. The number of rotatable bonds is 6. The van der Waals surface area contributed by atoms with Gasteiger partial charge in [0.15, 0.2) is 5.15 Å². The zero-order chi connectivity index (χ0) is 16.5. The average Bonchev–Trinajstić information content (AvgIpc) is 2.29. The Labute approximate surface area is 135 Å². The van der Waals surface area contributed by atoms with E-state index in [1.165, 1.54) is 0 Å². The van der Waals surface area contributed by atoms with Crippen molar-refractivity contribution in [2.24, 2.45) is 0 Å². The number of halogens is 1. The van der Waals surface area contributed by atoms with Gasteiger partial charge in [-0.3, -0.25) is 0 Å². The maximum Gasteiger partial charge on any atom is 0.233 e. The van der Waals surface area contributed by atoms with E-state index in [9.17, 15) is 0 Å². The van der Waals surface area contributed by atoms with Crippen molar-refractivity contribution in [3.63, 3.8) is 0 Å². The second-order valence-electron chi connectivity index (χ2n) is 7.39. The predicted octanol–water partition coefficient (Wildman–Crippen LogP) is 4.16. The van der Waals surface area contributed by atoms with Gasteiger partial charge in [0.1, 0.15) is 0 Å². The molecule has 0 aliphatic carbocycles. The summed E-state index contributed by atoms with van der Waals surface area (Å²) in [6.07, 6.45) is 0. The van der Waals surface area contributed by atoms with Crippen molar-refractivity contribution in [1.29, 1.82) is 0 Å². The molecule has 0 atom stereocenters. The molecule has 0 unspecified atom stereocenters. The Kier molecular flexibility index (Phi) is 9.36. The third kappa shape index (κ3) is 14.3. The highest BCUT2D eigenvalue weighted by Gasteiger charge is 2.12. The highest BCUT2D eigenvalue weighted by Crippen LogP contribution is 2.11. The van der Waals surface area contributed by atoms with Crippen LogP contribution < -0.4 is 4.74 Å². The van der Waals surface area contributed by atoms with E-state index in [1.54, 1.807) is 12.1 Å². The molecule has 0 radical (unpaired) electrons. The number of hydrogen-bond acceptors (Lipinski definition) is 4. The highest BCUT2D eigenvalue weighted by molar-refractivity contribution is 6.76. The third-order valence-corrected chi connectivity index (χ3v) is 6.20. The van der Waals surface area contributed by atoms with Crippen LogP contribution in [0, 0.1) is 0 Å². The molecule has 122 valence electrons. The number of ether oxygens (including phenoxy) is 1. The molecule has 0 spiro atoms. The molecule has 0 bridgehead atoms. The van der Waals surface area contributed by atoms with Gasteiger partial charge < -0.3 is 9.84 Å². The molecule has 21 heavy (non-hydrogen) atoms. The van der Waals surface area contributed by atoms with Crippen LogP contribution in [0.25, 0.3) is 0 Å². The van der Waals surface area contributed by atoms with E-state index in [1.807, 2.05) is 0 Å². The fourth-order valence-electron chi connectivity index (χ4n) is 1.18. The summed E-state index contributed by atoms with van der Waals surface area (Å²) in [6, 6.07) is 5.57. The van der Waals surface area contributed by atoms with Crippen molar-refractivity contribution in [2.75, 3.05) is 13.2 Å². The van der Waals surface area contributed by atoms with Gasteiger partial charge in [0.25, 0.3) is 0 Å². The highest BCUT2D eigenvalue weighted by atomic mass is 35.5. The Bertz CT molecular complexity index is 389. The first-order valence-electron chi connectivity index (χ1n) is 7.26. The fraction of sp³-hybridized carbons (Fsp3) is 0.714. The van der Waals surface area contributed by atoms with Crippen molar-refractivity contribution >= 4 is 27.7 Å². The predicted molar refractivity (Wildman–Crippen MR) is 95.9 cm³/mol. The maximum absolute atomic E-state index is 8.44. The number of aromatic nitrogens is 2. The van der Waals surface area contributed by atoms with E-state index in [-0.39, 0.29) is 0 Å². The lowest BCUT2D eigenvalue weighted by atomic mass is 10.6. The summed E-state index contributed by atoms with van der Waals surface area (Å²) in [5.41, 5.74) is 0. The minimum Gasteiger partial charge on any atom is -0.477 e. The Morgan fingerprint density at radius 3 is 1.90 bits per heavy atom. The van der Waals surface area contributed by atoms with Gasteiger partial charge in [-0.25, -0.2) is 0 Å². The van der Waals surface area contributed by atoms with Crippen LogP contribution in [-0.4, -0.2) is 44.7 Å². The summed E-state index contributed by atoms with van der Waals surface area (Å²) in [6.45, 7) is 14.8. The monoisotopic (exact) mass is 348 g/mol. The molecule has 0 amide bonds. The van der Waals surface area contributed by atoms with Gasteiger partial charge in [0.2, 0.25) is 5.88 Å². The van der Waals surface area contributed by atoms with E-state index in [2.05, 4.69) is 49.5 Å². The Morgan fingerprint density at radius 1 is 1.00 bits per heavy atom. The van der Waals surface area contributed by atoms with E-state index in [0.717, 1.165) is 12.1 Å². The Morgan fingerprint density at radius 2 is 1.57 bits per heavy atom. The van der Waals surface area contributed by atoms with E-state index < -0.39 is 16.1 Å². The summed E-state index contributed by atoms with van der Waals surface area (Å²) in [7, 11) is -1.93. The first-order chi connectivity index (χ1) is 9.53. The van der Waals surface area contributed by atoms with Crippen LogP contribution in [0.3, 0.4) is 0 Å². The molecule has 1 aromatic heterocycles. The second kappa shape index (κ2) is 9.55. The Balaban J connectivity index is 0.000000486. The summed E-state index contributed by atoms with van der Waals surface area (Å²) in [5, 5.41) is 16.3. The minimum atomic E-state index is -1.02. The smallest absolute Gasteiger partial charge is 0.233 e. The van der Waals surface area contributed by atoms with E-state index in [4.69, 9.17) is 21.4 Å². The molecule has 1 rings (SSSR count). The zero-order valence-electron chi connectivity index (χ0n) is 14.1. The molecule has 0 saturated heterocycles. The molecular formula is C14H29ClN2O2Si2. The second-order valence-corrected chi connectivity index (χ2v) is 19.0. The Hall–Kier alpha value is -0.436. The number of hydrogen-bond donors (Lipinski definition) is 1. The quantitative estimate of drug-likeness (QED) is 0.784. The van der Waals surface area contributed by atoms with Crippen LogP contribution in [-0.2, 0) is 0 Å².